The Morgan fingerprint density at radius 3 is 2.81 bits per heavy atom. The van der Waals surface area contributed by atoms with Crippen molar-refractivity contribution in [1.29, 1.82) is 0 Å². The lowest BCUT2D eigenvalue weighted by molar-refractivity contribution is 0.0915. The molecular formula is C11H15BrN2O2. The fraction of sp³-hybridized carbons (Fsp3) is 0.364. The van der Waals surface area contributed by atoms with Crippen molar-refractivity contribution in [2.45, 2.75) is 19.4 Å². The highest BCUT2D eigenvalue weighted by Crippen LogP contribution is 2.20. The van der Waals surface area contributed by atoms with E-state index < -0.39 is 0 Å². The molecule has 1 aromatic carbocycles. The molecule has 1 atom stereocenters. The van der Waals surface area contributed by atoms with Gasteiger partial charge < -0.3 is 16.2 Å². The van der Waals surface area contributed by atoms with Crippen molar-refractivity contribution in [3.8, 4) is 0 Å². The molecule has 4 nitrogen and oxygen atoms in total. The van der Waals surface area contributed by atoms with E-state index in [1.807, 2.05) is 6.92 Å². The molecule has 4 N–H and O–H groups in total. The van der Waals surface area contributed by atoms with Crippen LogP contribution in [0.1, 0.15) is 23.7 Å². The zero-order valence-corrected chi connectivity index (χ0v) is 10.6. The van der Waals surface area contributed by atoms with Crippen molar-refractivity contribution in [2.75, 3.05) is 12.3 Å². The minimum atomic E-state index is -0.222. The third kappa shape index (κ3) is 3.21. The van der Waals surface area contributed by atoms with E-state index in [9.17, 15) is 4.79 Å². The van der Waals surface area contributed by atoms with Crippen LogP contribution in [-0.4, -0.2) is 23.7 Å². The summed E-state index contributed by atoms with van der Waals surface area (Å²) in [6, 6.07) is 4.80. The Morgan fingerprint density at radius 2 is 2.31 bits per heavy atom. The zero-order chi connectivity index (χ0) is 12.1. The number of halogens is 1. The van der Waals surface area contributed by atoms with E-state index in [-0.39, 0.29) is 18.6 Å². The summed E-state index contributed by atoms with van der Waals surface area (Å²) in [5.41, 5.74) is 6.69. The van der Waals surface area contributed by atoms with Crippen LogP contribution in [-0.2, 0) is 0 Å². The van der Waals surface area contributed by atoms with Crippen molar-refractivity contribution in [2.24, 2.45) is 0 Å². The van der Waals surface area contributed by atoms with E-state index in [4.69, 9.17) is 10.8 Å². The topological polar surface area (TPSA) is 75.3 Å². The van der Waals surface area contributed by atoms with Gasteiger partial charge in [-0.05, 0) is 40.5 Å². The number of aliphatic hydroxyl groups excluding tert-OH is 1. The number of carbonyl (C=O) groups is 1. The molecule has 1 aromatic rings. The Balaban J connectivity index is 2.76. The van der Waals surface area contributed by atoms with Gasteiger partial charge >= 0.3 is 0 Å². The van der Waals surface area contributed by atoms with Gasteiger partial charge in [-0.25, -0.2) is 0 Å². The number of hydrogen-bond donors (Lipinski definition) is 3. The summed E-state index contributed by atoms with van der Waals surface area (Å²) < 4.78 is 0.762. The average molecular weight is 287 g/mol. The molecule has 0 aliphatic carbocycles. The van der Waals surface area contributed by atoms with E-state index in [2.05, 4.69) is 21.2 Å². The van der Waals surface area contributed by atoms with E-state index >= 15 is 0 Å². The predicted molar refractivity (Wildman–Crippen MR) is 67.2 cm³/mol. The number of hydrogen-bond acceptors (Lipinski definition) is 3. The standard InChI is InChI=1S/C11H15BrN2O2/c1-2-8(6-15)14-11(16)7-3-4-9(12)10(13)5-7/h3-5,8,15H,2,6,13H2,1H3,(H,14,16)/t8-/m1/s1. The van der Waals surface area contributed by atoms with Crippen molar-refractivity contribution in [3.05, 3.63) is 28.2 Å². The summed E-state index contributed by atoms with van der Waals surface area (Å²) >= 11 is 3.26. The number of carbonyl (C=O) groups excluding carboxylic acids is 1. The van der Waals surface area contributed by atoms with Crippen LogP contribution >= 0.6 is 15.9 Å². The van der Waals surface area contributed by atoms with E-state index in [0.717, 1.165) is 4.47 Å². The number of benzene rings is 1. The molecule has 0 unspecified atom stereocenters. The van der Waals surface area contributed by atoms with Crippen molar-refractivity contribution in [3.63, 3.8) is 0 Å². The largest absolute Gasteiger partial charge is 0.398 e. The molecule has 0 spiro atoms. The first kappa shape index (κ1) is 13.0. The smallest absolute Gasteiger partial charge is 0.251 e. The first-order chi connectivity index (χ1) is 7.58. The van der Waals surface area contributed by atoms with Crippen molar-refractivity contribution < 1.29 is 9.90 Å². The molecule has 0 radical (unpaired) electrons. The number of nitrogens with one attached hydrogen (secondary N) is 1. The molecule has 0 bridgehead atoms. The summed E-state index contributed by atoms with van der Waals surface area (Å²) in [5.74, 6) is -0.222. The van der Waals surface area contributed by atoms with Gasteiger partial charge in [-0.3, -0.25) is 4.79 Å². The van der Waals surface area contributed by atoms with E-state index in [0.29, 0.717) is 17.7 Å². The Labute approximate surface area is 103 Å². The molecule has 1 rings (SSSR count). The minimum absolute atomic E-state index is 0.0613. The molecule has 88 valence electrons. The minimum Gasteiger partial charge on any atom is -0.398 e. The second-order valence-electron chi connectivity index (χ2n) is 3.50. The molecule has 16 heavy (non-hydrogen) atoms. The Kier molecular flexibility index (Phi) is 4.76. The third-order valence-electron chi connectivity index (χ3n) is 2.31. The van der Waals surface area contributed by atoms with Gasteiger partial charge in [0.15, 0.2) is 0 Å². The Morgan fingerprint density at radius 1 is 1.62 bits per heavy atom. The zero-order valence-electron chi connectivity index (χ0n) is 9.03. The Hall–Kier alpha value is -1.07. The quantitative estimate of drug-likeness (QED) is 0.735. The van der Waals surface area contributed by atoms with Gasteiger partial charge in [0.1, 0.15) is 0 Å². The van der Waals surface area contributed by atoms with Gasteiger partial charge in [-0.15, -0.1) is 0 Å². The molecule has 0 aliphatic heterocycles. The van der Waals surface area contributed by atoms with Gasteiger partial charge in [0.25, 0.3) is 5.91 Å². The summed E-state index contributed by atoms with van der Waals surface area (Å²) in [7, 11) is 0. The van der Waals surface area contributed by atoms with Gasteiger partial charge in [-0.1, -0.05) is 6.92 Å². The van der Waals surface area contributed by atoms with Gasteiger partial charge in [-0.2, -0.15) is 0 Å². The number of rotatable bonds is 4. The molecule has 0 saturated heterocycles. The number of nitrogens with two attached hydrogens (primary N) is 1. The highest BCUT2D eigenvalue weighted by atomic mass is 79.9. The number of amides is 1. The molecule has 0 fully saturated rings. The maximum atomic E-state index is 11.7. The second kappa shape index (κ2) is 5.86. The summed E-state index contributed by atoms with van der Waals surface area (Å²) in [6.45, 7) is 1.84. The maximum Gasteiger partial charge on any atom is 0.251 e. The van der Waals surface area contributed by atoms with Crippen LogP contribution in [0.2, 0.25) is 0 Å². The van der Waals surface area contributed by atoms with Gasteiger partial charge in [0, 0.05) is 15.7 Å². The molecule has 1 amide bonds. The van der Waals surface area contributed by atoms with Gasteiger partial charge in [0.2, 0.25) is 0 Å². The monoisotopic (exact) mass is 286 g/mol. The fourth-order valence-electron chi connectivity index (χ4n) is 1.23. The highest BCUT2D eigenvalue weighted by molar-refractivity contribution is 9.10. The number of anilines is 1. The number of nitrogen functional groups attached to an aromatic ring is 1. The molecular weight excluding hydrogens is 272 g/mol. The highest BCUT2D eigenvalue weighted by Gasteiger charge is 2.11. The molecule has 0 saturated carbocycles. The first-order valence-electron chi connectivity index (χ1n) is 5.05. The maximum absolute atomic E-state index is 11.7. The van der Waals surface area contributed by atoms with Crippen LogP contribution in [0.25, 0.3) is 0 Å². The fourth-order valence-corrected chi connectivity index (χ4v) is 1.48. The third-order valence-corrected chi connectivity index (χ3v) is 3.03. The molecule has 0 aliphatic rings. The SMILES string of the molecule is CC[C@H](CO)NC(=O)c1ccc(Br)c(N)c1. The normalized spacial score (nSPS) is 12.2. The Bertz CT molecular complexity index is 378. The second-order valence-corrected chi connectivity index (χ2v) is 4.35. The molecule has 0 aromatic heterocycles. The number of aliphatic hydroxyl groups is 1. The molecule has 0 heterocycles. The van der Waals surface area contributed by atoms with E-state index in [1.165, 1.54) is 0 Å². The van der Waals surface area contributed by atoms with Crippen molar-refractivity contribution in [1.82, 2.24) is 5.32 Å². The lowest BCUT2D eigenvalue weighted by Gasteiger charge is -2.14. The summed E-state index contributed by atoms with van der Waals surface area (Å²) in [4.78, 5) is 11.7. The lowest BCUT2D eigenvalue weighted by atomic mass is 10.1. The predicted octanol–water partition coefficient (Wildman–Crippen LogP) is 1.53. The molecule has 5 heteroatoms. The lowest BCUT2D eigenvalue weighted by Crippen LogP contribution is -2.36. The van der Waals surface area contributed by atoms with Gasteiger partial charge in [0.05, 0.1) is 12.6 Å². The van der Waals surface area contributed by atoms with Crippen LogP contribution in [0, 0.1) is 0 Å². The van der Waals surface area contributed by atoms with Crippen LogP contribution in [0.4, 0.5) is 5.69 Å². The first-order valence-corrected chi connectivity index (χ1v) is 5.84. The van der Waals surface area contributed by atoms with Crippen LogP contribution in [0.3, 0.4) is 0 Å². The summed E-state index contributed by atoms with van der Waals surface area (Å²) in [6.07, 6.45) is 0.689. The summed E-state index contributed by atoms with van der Waals surface area (Å²) in [5, 5.41) is 11.7. The van der Waals surface area contributed by atoms with Crippen LogP contribution < -0.4 is 11.1 Å². The van der Waals surface area contributed by atoms with E-state index in [1.54, 1.807) is 18.2 Å². The van der Waals surface area contributed by atoms with Crippen molar-refractivity contribution >= 4 is 27.5 Å². The van der Waals surface area contributed by atoms with Crippen LogP contribution in [0.15, 0.2) is 22.7 Å². The average Bonchev–Trinajstić information content (AvgIpc) is 2.29. The van der Waals surface area contributed by atoms with Crippen LogP contribution in [0.5, 0.6) is 0 Å².